The van der Waals surface area contributed by atoms with Crippen LogP contribution in [-0.2, 0) is 16.0 Å². The van der Waals surface area contributed by atoms with Crippen LogP contribution in [0.15, 0.2) is 35.3 Å². The van der Waals surface area contributed by atoms with Gasteiger partial charge in [0.1, 0.15) is 0 Å². The molecule has 1 aromatic carbocycles. The first-order valence-corrected chi connectivity index (χ1v) is 5.46. The Balaban J connectivity index is 2.72. The molecule has 0 amide bonds. The maximum atomic E-state index is 11.5. The van der Waals surface area contributed by atoms with Gasteiger partial charge in [-0.15, -0.1) is 0 Å². The van der Waals surface area contributed by atoms with Crippen molar-refractivity contribution in [3.63, 3.8) is 0 Å². The van der Waals surface area contributed by atoms with Gasteiger partial charge >= 0.3 is 5.97 Å². The molecular weight excluding hydrogens is 222 g/mol. The molecule has 0 heterocycles. The highest BCUT2D eigenvalue weighted by Gasteiger charge is 2.18. The third kappa shape index (κ3) is 3.93. The van der Waals surface area contributed by atoms with Gasteiger partial charge in [0.2, 0.25) is 0 Å². The molecule has 4 heteroatoms. The maximum Gasteiger partial charge on any atom is 0.332 e. The number of ether oxygens (including phenoxy) is 1. The molecule has 0 spiro atoms. The molecule has 0 bridgehead atoms. The number of hydrogen-bond acceptors (Lipinski definition) is 4. The molecule has 0 aliphatic rings. The summed E-state index contributed by atoms with van der Waals surface area (Å²) in [7, 11) is 0. The van der Waals surface area contributed by atoms with Crippen LogP contribution in [0.4, 0.5) is 0 Å². The van der Waals surface area contributed by atoms with Crippen molar-refractivity contribution < 1.29 is 9.53 Å². The lowest BCUT2D eigenvalue weighted by molar-refractivity contribution is -0.144. The van der Waals surface area contributed by atoms with Crippen LogP contribution in [0.5, 0.6) is 0 Å². The van der Waals surface area contributed by atoms with Gasteiger partial charge in [0.25, 0.3) is 0 Å². The number of hydrogen-bond donors (Lipinski definition) is 0. The molecule has 0 fully saturated rings. The summed E-state index contributed by atoms with van der Waals surface area (Å²) in [5, 5.41) is 2.23. The van der Waals surface area contributed by atoms with Crippen LogP contribution in [0.25, 0.3) is 0 Å². The molecule has 0 saturated carbocycles. The molecule has 0 aliphatic carbocycles. The topological polar surface area (TPSA) is 38.7 Å². The standard InChI is InChI=1S/C12H13NO2S/c1-2-15-12(14)11(13-9-16)8-10-6-4-3-5-7-10/h3-7,11H,2,8H2,1H3. The molecule has 3 nitrogen and oxygen atoms in total. The normalized spacial score (nSPS) is 11.3. The molecule has 0 N–H and O–H groups in total. The second kappa shape index (κ2) is 6.88. The number of carbonyl (C=O) groups excluding carboxylic acids is 1. The fourth-order valence-electron chi connectivity index (χ4n) is 1.32. The zero-order chi connectivity index (χ0) is 11.8. The molecule has 0 aliphatic heterocycles. The lowest BCUT2D eigenvalue weighted by Crippen LogP contribution is -2.23. The molecule has 16 heavy (non-hydrogen) atoms. The zero-order valence-electron chi connectivity index (χ0n) is 9.05. The van der Waals surface area contributed by atoms with Crippen LogP contribution >= 0.6 is 12.2 Å². The molecule has 84 valence electrons. The average molecular weight is 235 g/mol. The van der Waals surface area contributed by atoms with E-state index in [1.165, 1.54) is 0 Å². The van der Waals surface area contributed by atoms with Crippen LogP contribution in [0.1, 0.15) is 12.5 Å². The van der Waals surface area contributed by atoms with Crippen molar-refractivity contribution in [3.05, 3.63) is 35.9 Å². The van der Waals surface area contributed by atoms with Gasteiger partial charge in [-0.3, -0.25) is 0 Å². The van der Waals surface area contributed by atoms with Gasteiger partial charge in [-0.2, -0.15) is 0 Å². The minimum Gasteiger partial charge on any atom is -0.464 e. The Bertz CT molecular complexity index is 385. The molecule has 1 unspecified atom stereocenters. The highest BCUT2D eigenvalue weighted by atomic mass is 32.1. The Hall–Kier alpha value is -1.51. The monoisotopic (exact) mass is 235 g/mol. The Kier molecular flexibility index (Phi) is 5.40. The Labute approximate surface area is 100 Å². The van der Waals surface area contributed by atoms with Crippen LogP contribution in [-0.4, -0.2) is 23.8 Å². The van der Waals surface area contributed by atoms with Crippen LogP contribution < -0.4 is 0 Å². The first-order valence-electron chi connectivity index (χ1n) is 5.05. The third-order valence-corrected chi connectivity index (χ3v) is 2.14. The Morgan fingerprint density at radius 3 is 2.75 bits per heavy atom. The van der Waals surface area contributed by atoms with Gasteiger partial charge in [-0.05, 0) is 24.7 Å². The van der Waals surface area contributed by atoms with E-state index in [1.807, 2.05) is 30.3 Å². The van der Waals surface area contributed by atoms with E-state index >= 15 is 0 Å². The number of isothiocyanates is 1. The van der Waals surface area contributed by atoms with E-state index in [4.69, 9.17) is 4.74 Å². The Morgan fingerprint density at radius 2 is 2.19 bits per heavy atom. The van der Waals surface area contributed by atoms with E-state index in [1.54, 1.807) is 6.92 Å². The molecule has 0 aromatic heterocycles. The number of esters is 1. The second-order valence-corrected chi connectivity index (χ2v) is 3.36. The van der Waals surface area contributed by atoms with Crippen LogP contribution in [0.3, 0.4) is 0 Å². The molecule has 1 atom stereocenters. The van der Waals surface area contributed by atoms with Crippen molar-refractivity contribution in [1.29, 1.82) is 0 Å². The number of thiocarbonyl (C=S) groups is 1. The lowest BCUT2D eigenvalue weighted by atomic mass is 10.1. The number of rotatable bonds is 5. The van der Waals surface area contributed by atoms with Crippen molar-refractivity contribution >= 4 is 23.3 Å². The number of nitrogens with zero attached hydrogens (tertiary/aromatic N) is 1. The van der Waals surface area contributed by atoms with E-state index in [2.05, 4.69) is 22.4 Å². The predicted octanol–water partition coefficient (Wildman–Crippen LogP) is 2.26. The van der Waals surface area contributed by atoms with Crippen molar-refractivity contribution in [2.45, 2.75) is 19.4 Å². The van der Waals surface area contributed by atoms with Crippen molar-refractivity contribution in [2.24, 2.45) is 4.99 Å². The van der Waals surface area contributed by atoms with Gasteiger partial charge < -0.3 is 4.74 Å². The first kappa shape index (κ1) is 12.6. The fourth-order valence-corrected chi connectivity index (χ4v) is 1.45. The largest absolute Gasteiger partial charge is 0.464 e. The smallest absolute Gasteiger partial charge is 0.332 e. The number of carbonyl (C=O) groups is 1. The summed E-state index contributed by atoms with van der Waals surface area (Å²) in [4.78, 5) is 15.4. The quantitative estimate of drug-likeness (QED) is 0.446. The summed E-state index contributed by atoms with van der Waals surface area (Å²) in [5.74, 6) is -0.358. The van der Waals surface area contributed by atoms with E-state index < -0.39 is 6.04 Å². The number of benzene rings is 1. The van der Waals surface area contributed by atoms with E-state index in [9.17, 15) is 4.79 Å². The Morgan fingerprint density at radius 1 is 1.50 bits per heavy atom. The van der Waals surface area contributed by atoms with Gasteiger partial charge in [0, 0.05) is 6.42 Å². The highest BCUT2D eigenvalue weighted by molar-refractivity contribution is 7.78. The SMILES string of the molecule is CCOC(=O)C(Cc1ccccc1)N=C=S. The van der Waals surface area contributed by atoms with Crippen LogP contribution in [0, 0.1) is 0 Å². The maximum absolute atomic E-state index is 11.5. The summed E-state index contributed by atoms with van der Waals surface area (Å²) in [6.07, 6.45) is 0.489. The molecule has 1 aromatic rings. The van der Waals surface area contributed by atoms with Crippen molar-refractivity contribution in [1.82, 2.24) is 0 Å². The lowest BCUT2D eigenvalue weighted by Gasteiger charge is -2.09. The first-order chi connectivity index (χ1) is 7.77. The van der Waals surface area contributed by atoms with Gasteiger partial charge in [0.05, 0.1) is 11.8 Å². The predicted molar refractivity (Wildman–Crippen MR) is 65.6 cm³/mol. The zero-order valence-corrected chi connectivity index (χ0v) is 9.87. The second-order valence-electron chi connectivity index (χ2n) is 3.18. The van der Waals surface area contributed by atoms with Gasteiger partial charge in [0.15, 0.2) is 6.04 Å². The minimum atomic E-state index is -0.583. The van der Waals surface area contributed by atoms with E-state index in [0.29, 0.717) is 13.0 Å². The fraction of sp³-hybridized carbons (Fsp3) is 0.333. The van der Waals surface area contributed by atoms with E-state index in [0.717, 1.165) is 5.56 Å². The van der Waals surface area contributed by atoms with Gasteiger partial charge in [-0.1, -0.05) is 30.3 Å². The van der Waals surface area contributed by atoms with Crippen molar-refractivity contribution in [2.75, 3.05) is 6.61 Å². The summed E-state index contributed by atoms with van der Waals surface area (Å²) in [5.41, 5.74) is 1.02. The molecule has 1 rings (SSSR count). The van der Waals surface area contributed by atoms with Gasteiger partial charge in [-0.25, -0.2) is 9.79 Å². The van der Waals surface area contributed by atoms with Crippen molar-refractivity contribution in [3.8, 4) is 0 Å². The molecule has 0 saturated heterocycles. The molecule has 0 radical (unpaired) electrons. The van der Waals surface area contributed by atoms with Crippen LogP contribution in [0.2, 0.25) is 0 Å². The molecular formula is C12H13NO2S. The third-order valence-electron chi connectivity index (χ3n) is 2.04. The average Bonchev–Trinajstić information content (AvgIpc) is 2.30. The number of aliphatic imine (C=N–C) groups is 1. The van der Waals surface area contributed by atoms with E-state index in [-0.39, 0.29) is 5.97 Å². The summed E-state index contributed by atoms with van der Waals surface area (Å²) in [6, 6.07) is 9.04. The highest BCUT2D eigenvalue weighted by Crippen LogP contribution is 2.07. The summed E-state index contributed by atoms with van der Waals surface area (Å²) >= 11 is 4.52. The summed E-state index contributed by atoms with van der Waals surface area (Å²) in [6.45, 7) is 2.11. The summed E-state index contributed by atoms with van der Waals surface area (Å²) < 4.78 is 4.91. The minimum absolute atomic E-state index is 0.344.